The van der Waals surface area contributed by atoms with Gasteiger partial charge in [-0.1, -0.05) is 40.1 Å². The van der Waals surface area contributed by atoms with Crippen LogP contribution in [0.15, 0.2) is 18.2 Å². The first kappa shape index (κ1) is 22.0. The summed E-state index contributed by atoms with van der Waals surface area (Å²) in [5.41, 5.74) is 4.93. The maximum Gasteiger partial charge on any atom is 0.113 e. The summed E-state index contributed by atoms with van der Waals surface area (Å²) < 4.78 is 0. The van der Waals surface area contributed by atoms with Crippen molar-refractivity contribution in [3.05, 3.63) is 23.8 Å². The van der Waals surface area contributed by atoms with Crippen LogP contribution in [-0.2, 0) is 0 Å². The van der Waals surface area contributed by atoms with Gasteiger partial charge in [0.15, 0.2) is 0 Å². The topological polar surface area (TPSA) is 0 Å². The largest absolute Gasteiger partial charge is 0.113 e. The average molecular weight is 342 g/mol. The third-order valence-electron chi connectivity index (χ3n) is 5.27. The number of hydrogen-bond donors (Lipinski definition) is 0. The van der Waals surface area contributed by atoms with E-state index in [9.17, 15) is 0 Å². The fourth-order valence-corrected chi connectivity index (χ4v) is 3.46. The van der Waals surface area contributed by atoms with Crippen LogP contribution >= 0.6 is 0 Å². The summed E-state index contributed by atoms with van der Waals surface area (Å²) in [5, 5.41) is 0. The number of hydrogen-bond acceptors (Lipinski definition) is 0. The van der Waals surface area contributed by atoms with Crippen molar-refractivity contribution in [1.29, 1.82) is 0 Å². The van der Waals surface area contributed by atoms with Crippen LogP contribution in [0, 0.1) is 6.92 Å². The maximum atomic E-state index is 6.22. The summed E-state index contributed by atoms with van der Waals surface area (Å²) in [6.45, 7) is 1.86. The molecule has 3 aromatic rings. The summed E-state index contributed by atoms with van der Waals surface area (Å²) in [6.07, 6.45) is 0. The minimum Gasteiger partial charge on any atom is -0.112 e. The first-order valence-electron chi connectivity index (χ1n) is 8.63. The highest BCUT2D eigenvalue weighted by atomic mass is 14.2. The molecular weight excluding hydrogens is 336 g/mol. The van der Waals surface area contributed by atoms with E-state index in [0.29, 0.717) is 22.3 Å². The van der Waals surface area contributed by atoms with Crippen molar-refractivity contribution in [1.82, 2.24) is 0 Å². The molecule has 0 fully saturated rings. The minimum atomic E-state index is 0.144. The fraction of sp³-hybridized carbons (Fsp3) is 0.0526. The van der Waals surface area contributed by atoms with Crippen LogP contribution in [0.2, 0.25) is 0 Å². The molecule has 0 saturated carbocycles. The standard InChI is InChI=1S/C19H6B10/c1-5-6(8-10(20)14(24)18(28)15(25)11(8)21)3-2-4-7(5)9-12(22)16(26)19(29)17(27)13(9)23/h2-4H,1H3. The Balaban J connectivity index is 2.40. The normalized spacial score (nSPS) is 10.9. The molecule has 0 nitrogen and oxygen atoms in total. The van der Waals surface area contributed by atoms with Crippen LogP contribution in [-0.4, -0.2) is 78.5 Å². The van der Waals surface area contributed by atoms with Crippen molar-refractivity contribution in [2.24, 2.45) is 0 Å². The van der Waals surface area contributed by atoms with E-state index in [-0.39, 0.29) is 54.6 Å². The smallest absolute Gasteiger partial charge is 0.112 e. The van der Waals surface area contributed by atoms with Crippen LogP contribution in [0.25, 0.3) is 22.3 Å². The second kappa shape index (κ2) is 7.86. The molecule has 0 atom stereocenters. The third-order valence-corrected chi connectivity index (χ3v) is 5.27. The van der Waals surface area contributed by atoms with Gasteiger partial charge in [-0.05, 0) is 34.7 Å². The highest BCUT2D eigenvalue weighted by Crippen LogP contribution is 2.28. The quantitative estimate of drug-likeness (QED) is 0.406. The Morgan fingerprint density at radius 3 is 0.931 bits per heavy atom. The van der Waals surface area contributed by atoms with E-state index in [1.54, 1.807) is 6.07 Å². The molecule has 0 aliphatic carbocycles. The molecular formula is C19H6B10. The lowest BCUT2D eigenvalue weighted by molar-refractivity contribution is 1.47. The first-order valence-corrected chi connectivity index (χ1v) is 8.63. The Kier molecular flexibility index (Phi) is 5.96. The Bertz CT molecular complexity index is 1020. The first-order chi connectivity index (χ1) is 13.5. The third kappa shape index (κ3) is 3.33. The van der Waals surface area contributed by atoms with Gasteiger partial charge >= 0.3 is 0 Å². The van der Waals surface area contributed by atoms with Crippen LogP contribution in [0.1, 0.15) is 5.56 Å². The SMILES string of the molecule is [B]c1c([B])c([B])c(-c2cccc(-c3c([B])c([B])c([B])c([B])c3[B])c2C)c([B])c1[B]. The molecule has 0 saturated heterocycles. The lowest BCUT2D eigenvalue weighted by Gasteiger charge is -2.25. The molecule has 0 N–H and O–H groups in total. The monoisotopic (exact) mass is 344 g/mol. The van der Waals surface area contributed by atoms with E-state index >= 15 is 0 Å². The number of rotatable bonds is 2. The van der Waals surface area contributed by atoms with Gasteiger partial charge in [0.05, 0.1) is 0 Å². The molecule has 112 valence electrons. The van der Waals surface area contributed by atoms with Crippen molar-refractivity contribution in [3.63, 3.8) is 0 Å². The van der Waals surface area contributed by atoms with Gasteiger partial charge in [-0.3, -0.25) is 0 Å². The second-order valence-corrected chi connectivity index (χ2v) is 6.86. The van der Waals surface area contributed by atoms with Crippen LogP contribution in [0.3, 0.4) is 0 Å². The van der Waals surface area contributed by atoms with E-state index in [2.05, 4.69) is 0 Å². The molecule has 29 heavy (non-hydrogen) atoms. The molecule has 0 aromatic heterocycles. The summed E-state index contributed by atoms with van der Waals surface area (Å²) in [5.74, 6) is 0. The zero-order chi connectivity index (χ0) is 21.8. The summed E-state index contributed by atoms with van der Waals surface area (Å²) in [7, 11) is 60.8. The average Bonchev–Trinajstić information content (AvgIpc) is 2.70. The molecule has 0 unspecified atom stereocenters. The molecule has 0 bridgehead atoms. The zero-order valence-corrected chi connectivity index (χ0v) is 16.0. The Morgan fingerprint density at radius 2 is 0.655 bits per heavy atom. The fourth-order valence-electron chi connectivity index (χ4n) is 3.46. The van der Waals surface area contributed by atoms with Crippen molar-refractivity contribution in [2.45, 2.75) is 6.92 Å². The molecule has 20 radical (unpaired) electrons. The van der Waals surface area contributed by atoms with Crippen LogP contribution < -0.4 is 54.6 Å². The lowest BCUT2D eigenvalue weighted by Crippen LogP contribution is -2.55. The molecule has 0 aliphatic heterocycles. The van der Waals surface area contributed by atoms with E-state index in [4.69, 9.17) is 78.5 Å². The zero-order valence-electron chi connectivity index (χ0n) is 16.0. The van der Waals surface area contributed by atoms with Crippen molar-refractivity contribution in [2.75, 3.05) is 0 Å². The van der Waals surface area contributed by atoms with Gasteiger partial charge in [-0.25, -0.2) is 0 Å². The molecule has 0 spiro atoms. The lowest BCUT2D eigenvalue weighted by atomic mass is 9.58. The van der Waals surface area contributed by atoms with E-state index in [0.717, 1.165) is 5.56 Å². The van der Waals surface area contributed by atoms with E-state index in [1.807, 2.05) is 19.1 Å². The Labute approximate surface area is 185 Å². The summed E-state index contributed by atoms with van der Waals surface area (Å²) in [4.78, 5) is 0. The molecule has 0 aliphatic rings. The van der Waals surface area contributed by atoms with Crippen LogP contribution in [0.4, 0.5) is 0 Å². The van der Waals surface area contributed by atoms with Gasteiger partial charge < -0.3 is 0 Å². The predicted octanol–water partition coefficient (Wildman–Crippen LogP) is -6.73. The molecule has 10 heteroatoms. The predicted molar refractivity (Wildman–Crippen MR) is 136 cm³/mol. The molecule has 0 amide bonds. The van der Waals surface area contributed by atoms with E-state index < -0.39 is 0 Å². The van der Waals surface area contributed by atoms with Crippen molar-refractivity contribution >= 4 is 133 Å². The molecule has 3 rings (SSSR count). The second-order valence-electron chi connectivity index (χ2n) is 6.86. The van der Waals surface area contributed by atoms with Gasteiger partial charge in [-0.15, -0.1) is 32.8 Å². The Morgan fingerprint density at radius 1 is 0.414 bits per heavy atom. The van der Waals surface area contributed by atoms with E-state index in [1.165, 1.54) is 0 Å². The summed E-state index contributed by atoms with van der Waals surface area (Å²) in [6, 6.07) is 5.44. The van der Waals surface area contributed by atoms with Crippen LogP contribution in [0.5, 0.6) is 0 Å². The van der Waals surface area contributed by atoms with Gasteiger partial charge in [0.2, 0.25) is 0 Å². The van der Waals surface area contributed by atoms with Gasteiger partial charge in [0.25, 0.3) is 0 Å². The van der Waals surface area contributed by atoms with Gasteiger partial charge in [0.1, 0.15) is 78.5 Å². The highest BCUT2D eigenvalue weighted by molar-refractivity contribution is 6.70. The van der Waals surface area contributed by atoms with Crippen molar-refractivity contribution in [3.8, 4) is 22.3 Å². The molecule has 0 heterocycles. The summed E-state index contributed by atoms with van der Waals surface area (Å²) >= 11 is 0. The van der Waals surface area contributed by atoms with Gasteiger partial charge in [0, 0.05) is 0 Å². The number of benzene rings is 3. The van der Waals surface area contributed by atoms with Gasteiger partial charge in [-0.2, -0.15) is 0 Å². The Hall–Kier alpha value is -1.69. The maximum absolute atomic E-state index is 6.22. The highest BCUT2D eigenvalue weighted by Gasteiger charge is 2.18. The minimum absolute atomic E-state index is 0.144. The van der Waals surface area contributed by atoms with Crippen molar-refractivity contribution < 1.29 is 0 Å². The molecule has 3 aromatic carbocycles.